The molecule has 110 valence electrons. The standard InChI is InChI=1S/C17H17F2NO/c1-2-20-15-10-17(11-4-3-5-12(18)8-11)21-16-7-6-13(19)9-14(15)16/h3-9,15,17,20H,2,10H2,1H3. The van der Waals surface area contributed by atoms with E-state index in [4.69, 9.17) is 4.74 Å². The second-order valence-corrected chi connectivity index (χ2v) is 5.19. The first kappa shape index (κ1) is 14.0. The number of halogens is 2. The Balaban J connectivity index is 1.95. The first-order chi connectivity index (χ1) is 10.2. The average molecular weight is 289 g/mol. The monoisotopic (exact) mass is 289 g/mol. The number of ether oxygens (including phenoxy) is 1. The lowest BCUT2D eigenvalue weighted by Crippen LogP contribution is -2.29. The van der Waals surface area contributed by atoms with E-state index in [1.165, 1.54) is 24.3 Å². The van der Waals surface area contributed by atoms with E-state index in [2.05, 4.69) is 5.32 Å². The summed E-state index contributed by atoms with van der Waals surface area (Å²) in [6.07, 6.45) is 0.413. The van der Waals surface area contributed by atoms with Crippen molar-refractivity contribution in [1.82, 2.24) is 5.32 Å². The topological polar surface area (TPSA) is 21.3 Å². The molecule has 1 aliphatic heterocycles. The molecule has 2 nitrogen and oxygen atoms in total. The molecule has 2 unspecified atom stereocenters. The SMILES string of the molecule is CCNC1CC(c2cccc(F)c2)Oc2ccc(F)cc21. The highest BCUT2D eigenvalue weighted by Crippen LogP contribution is 2.41. The van der Waals surface area contributed by atoms with Crippen molar-refractivity contribution in [2.45, 2.75) is 25.5 Å². The molecule has 1 N–H and O–H groups in total. The van der Waals surface area contributed by atoms with Crippen LogP contribution < -0.4 is 10.1 Å². The normalized spacial score (nSPS) is 20.7. The molecule has 4 heteroatoms. The quantitative estimate of drug-likeness (QED) is 0.917. The summed E-state index contributed by atoms with van der Waals surface area (Å²) in [4.78, 5) is 0. The molecule has 0 bridgehead atoms. The summed E-state index contributed by atoms with van der Waals surface area (Å²) in [7, 11) is 0. The van der Waals surface area contributed by atoms with Gasteiger partial charge in [-0.3, -0.25) is 0 Å². The maximum absolute atomic E-state index is 13.4. The fourth-order valence-electron chi connectivity index (χ4n) is 2.79. The molecule has 0 radical (unpaired) electrons. The second-order valence-electron chi connectivity index (χ2n) is 5.19. The third-order valence-electron chi connectivity index (χ3n) is 3.74. The Morgan fingerprint density at radius 3 is 2.71 bits per heavy atom. The van der Waals surface area contributed by atoms with Gasteiger partial charge < -0.3 is 10.1 Å². The highest BCUT2D eigenvalue weighted by atomic mass is 19.1. The van der Waals surface area contributed by atoms with Gasteiger partial charge in [0.2, 0.25) is 0 Å². The zero-order valence-corrected chi connectivity index (χ0v) is 11.8. The first-order valence-electron chi connectivity index (χ1n) is 7.12. The summed E-state index contributed by atoms with van der Waals surface area (Å²) in [5.74, 6) is 0.105. The summed E-state index contributed by atoms with van der Waals surface area (Å²) in [6.45, 7) is 2.78. The van der Waals surface area contributed by atoms with Crippen LogP contribution in [0.5, 0.6) is 5.75 Å². The molecule has 2 aromatic rings. The molecule has 0 spiro atoms. The zero-order valence-electron chi connectivity index (χ0n) is 11.8. The smallest absolute Gasteiger partial charge is 0.126 e. The maximum atomic E-state index is 13.4. The molecular weight excluding hydrogens is 272 g/mol. The van der Waals surface area contributed by atoms with Crippen LogP contribution in [0.25, 0.3) is 0 Å². The molecular formula is C17H17F2NO. The molecule has 2 aromatic carbocycles. The molecule has 0 saturated carbocycles. The van der Waals surface area contributed by atoms with Crippen molar-refractivity contribution in [3.63, 3.8) is 0 Å². The van der Waals surface area contributed by atoms with E-state index in [-0.39, 0.29) is 23.8 Å². The number of fused-ring (bicyclic) bond motifs is 1. The lowest BCUT2D eigenvalue weighted by Gasteiger charge is -2.33. The molecule has 21 heavy (non-hydrogen) atoms. The summed E-state index contributed by atoms with van der Waals surface area (Å²) < 4.78 is 32.8. The molecule has 2 atom stereocenters. The van der Waals surface area contributed by atoms with Gasteiger partial charge in [-0.05, 0) is 42.4 Å². The van der Waals surface area contributed by atoms with Crippen molar-refractivity contribution in [3.8, 4) is 5.75 Å². The summed E-state index contributed by atoms with van der Waals surface area (Å²) in [5.41, 5.74) is 1.62. The van der Waals surface area contributed by atoms with Gasteiger partial charge in [-0.1, -0.05) is 19.1 Å². The highest BCUT2D eigenvalue weighted by Gasteiger charge is 2.29. The van der Waals surface area contributed by atoms with Crippen LogP contribution >= 0.6 is 0 Å². The van der Waals surface area contributed by atoms with E-state index in [1.807, 2.05) is 13.0 Å². The summed E-state index contributed by atoms with van der Waals surface area (Å²) >= 11 is 0. The first-order valence-corrected chi connectivity index (χ1v) is 7.12. The predicted octanol–water partition coefficient (Wildman–Crippen LogP) is 4.14. The Bertz CT molecular complexity index is 644. The van der Waals surface area contributed by atoms with E-state index in [9.17, 15) is 8.78 Å². The maximum Gasteiger partial charge on any atom is 0.126 e. The lowest BCUT2D eigenvalue weighted by molar-refractivity contribution is 0.151. The number of benzene rings is 2. The van der Waals surface area contributed by atoms with Gasteiger partial charge in [-0.15, -0.1) is 0 Å². The third kappa shape index (κ3) is 2.90. The fraction of sp³-hybridized carbons (Fsp3) is 0.294. The second kappa shape index (κ2) is 5.82. The van der Waals surface area contributed by atoms with Crippen LogP contribution in [0.15, 0.2) is 42.5 Å². The van der Waals surface area contributed by atoms with Gasteiger partial charge >= 0.3 is 0 Å². The molecule has 0 fully saturated rings. The highest BCUT2D eigenvalue weighted by molar-refractivity contribution is 5.39. The third-order valence-corrected chi connectivity index (χ3v) is 3.74. The Kier molecular flexibility index (Phi) is 3.88. The van der Waals surface area contributed by atoms with Crippen LogP contribution in [-0.4, -0.2) is 6.54 Å². The molecule has 0 amide bonds. The molecule has 0 saturated heterocycles. The average Bonchev–Trinajstić information content (AvgIpc) is 2.48. The largest absolute Gasteiger partial charge is 0.485 e. The fourth-order valence-corrected chi connectivity index (χ4v) is 2.79. The van der Waals surface area contributed by atoms with Gasteiger partial charge in [0.15, 0.2) is 0 Å². The Morgan fingerprint density at radius 2 is 1.95 bits per heavy atom. The lowest BCUT2D eigenvalue weighted by atomic mass is 9.93. The molecule has 3 rings (SSSR count). The van der Waals surface area contributed by atoms with Crippen molar-refractivity contribution in [1.29, 1.82) is 0 Å². The van der Waals surface area contributed by atoms with Crippen LogP contribution in [0.3, 0.4) is 0 Å². The zero-order chi connectivity index (χ0) is 14.8. The number of hydrogen-bond donors (Lipinski definition) is 1. The van der Waals surface area contributed by atoms with Crippen molar-refractivity contribution < 1.29 is 13.5 Å². The van der Waals surface area contributed by atoms with Crippen LogP contribution in [-0.2, 0) is 0 Å². The van der Waals surface area contributed by atoms with Crippen LogP contribution in [0.4, 0.5) is 8.78 Å². The van der Waals surface area contributed by atoms with Crippen molar-refractivity contribution >= 4 is 0 Å². The van der Waals surface area contributed by atoms with E-state index in [1.54, 1.807) is 12.1 Å². The van der Waals surface area contributed by atoms with Crippen molar-refractivity contribution in [2.75, 3.05) is 6.54 Å². The van der Waals surface area contributed by atoms with Crippen LogP contribution in [0.2, 0.25) is 0 Å². The van der Waals surface area contributed by atoms with Crippen molar-refractivity contribution in [3.05, 3.63) is 65.2 Å². The molecule has 0 aliphatic carbocycles. The van der Waals surface area contributed by atoms with Crippen LogP contribution in [0, 0.1) is 11.6 Å². The predicted molar refractivity (Wildman–Crippen MR) is 77.2 cm³/mol. The van der Waals surface area contributed by atoms with Gasteiger partial charge in [-0.25, -0.2) is 8.78 Å². The minimum absolute atomic E-state index is 0.00252. The summed E-state index contributed by atoms with van der Waals surface area (Å²) in [5, 5.41) is 3.34. The van der Waals surface area contributed by atoms with Crippen molar-refractivity contribution in [2.24, 2.45) is 0 Å². The van der Waals surface area contributed by atoms with E-state index < -0.39 is 0 Å². The number of nitrogens with one attached hydrogen (secondary N) is 1. The number of rotatable bonds is 3. The number of hydrogen-bond acceptors (Lipinski definition) is 2. The summed E-state index contributed by atoms with van der Waals surface area (Å²) in [6, 6.07) is 11.0. The van der Waals surface area contributed by atoms with E-state index in [0.29, 0.717) is 12.2 Å². The molecule has 1 heterocycles. The van der Waals surface area contributed by atoms with Gasteiger partial charge in [0, 0.05) is 18.0 Å². The minimum Gasteiger partial charge on any atom is -0.485 e. The minimum atomic E-state index is -0.277. The Morgan fingerprint density at radius 1 is 1.14 bits per heavy atom. The van der Waals surface area contributed by atoms with Gasteiger partial charge in [-0.2, -0.15) is 0 Å². The Hall–Kier alpha value is -1.94. The van der Waals surface area contributed by atoms with Gasteiger partial charge in [0.1, 0.15) is 23.5 Å². The van der Waals surface area contributed by atoms with Crippen LogP contribution in [0.1, 0.15) is 36.6 Å². The van der Waals surface area contributed by atoms with Gasteiger partial charge in [0.05, 0.1) is 0 Å². The van der Waals surface area contributed by atoms with E-state index in [0.717, 1.165) is 17.7 Å². The Labute approximate surface area is 122 Å². The van der Waals surface area contributed by atoms with Gasteiger partial charge in [0.25, 0.3) is 0 Å². The molecule has 1 aliphatic rings. The molecule has 0 aromatic heterocycles. The van der Waals surface area contributed by atoms with E-state index >= 15 is 0 Å².